The summed E-state index contributed by atoms with van der Waals surface area (Å²) in [6, 6.07) is 8.08. The highest BCUT2D eigenvalue weighted by Gasteiger charge is 2.25. The van der Waals surface area contributed by atoms with Crippen LogP contribution in [0.1, 0.15) is 61.9 Å². The van der Waals surface area contributed by atoms with E-state index in [1.54, 1.807) is 35.5 Å². The van der Waals surface area contributed by atoms with E-state index in [4.69, 9.17) is 0 Å². The Balaban J connectivity index is 1.66. The maximum atomic E-state index is 14.5. The Labute approximate surface area is 226 Å². The number of aromatic nitrogens is 1. The Morgan fingerprint density at radius 2 is 1.66 bits per heavy atom. The molecule has 2 aliphatic heterocycles. The first-order chi connectivity index (χ1) is 18.4. The molecule has 38 heavy (non-hydrogen) atoms. The third-order valence-corrected chi connectivity index (χ3v) is 7.39. The highest BCUT2D eigenvalue weighted by atomic mass is 19.1. The zero-order valence-electron chi connectivity index (χ0n) is 22.9. The lowest BCUT2D eigenvalue weighted by molar-refractivity contribution is -0.133. The lowest BCUT2D eigenvalue weighted by Gasteiger charge is -2.33. The van der Waals surface area contributed by atoms with E-state index in [0.717, 1.165) is 58.4 Å². The van der Waals surface area contributed by atoms with Crippen molar-refractivity contribution >= 4 is 17.5 Å². The minimum absolute atomic E-state index is 0.0692. The predicted molar refractivity (Wildman–Crippen MR) is 149 cm³/mol. The van der Waals surface area contributed by atoms with Gasteiger partial charge in [0, 0.05) is 44.3 Å². The first kappa shape index (κ1) is 28.2. The second kappa shape index (κ2) is 13.8. The van der Waals surface area contributed by atoms with Crippen molar-refractivity contribution in [2.45, 2.75) is 52.5 Å². The quantitative estimate of drug-likeness (QED) is 0.580. The molecule has 0 atom stereocenters. The second-order valence-electron chi connectivity index (χ2n) is 11.0. The number of amides is 2. The average molecular weight is 524 g/mol. The predicted octanol–water partition coefficient (Wildman–Crippen LogP) is 4.43. The molecule has 0 bridgehead atoms. The first-order valence-corrected chi connectivity index (χ1v) is 14.1. The molecule has 2 amide bonds. The summed E-state index contributed by atoms with van der Waals surface area (Å²) in [5.74, 6) is 0.0667. The molecule has 0 aliphatic carbocycles. The fourth-order valence-corrected chi connectivity index (χ4v) is 5.58. The van der Waals surface area contributed by atoms with E-state index >= 15 is 0 Å². The molecule has 8 heteroatoms. The van der Waals surface area contributed by atoms with Crippen molar-refractivity contribution in [1.29, 1.82) is 0 Å². The normalized spacial score (nSPS) is 18.5. The van der Waals surface area contributed by atoms with Gasteiger partial charge in [0.2, 0.25) is 5.91 Å². The Kier molecular flexibility index (Phi) is 10.2. The number of likely N-dealkylation sites (tertiary alicyclic amines) is 1. The summed E-state index contributed by atoms with van der Waals surface area (Å²) in [5.41, 5.74) is 1.81. The molecule has 0 radical (unpaired) electrons. The van der Waals surface area contributed by atoms with Crippen LogP contribution in [0.15, 0.2) is 42.7 Å². The van der Waals surface area contributed by atoms with Gasteiger partial charge in [-0.2, -0.15) is 0 Å². The molecule has 0 spiro atoms. The van der Waals surface area contributed by atoms with Crippen LogP contribution in [0.25, 0.3) is 0 Å². The number of pyridine rings is 1. The third-order valence-electron chi connectivity index (χ3n) is 7.39. The number of anilines is 1. The SMILES string of the molecule is CC(C)CN1CCCN(C(=O)CN2CCCCC2)Cc2cc(F)ccc2N(C(=O)c2cccnc2)CCC1. The van der Waals surface area contributed by atoms with Gasteiger partial charge in [0.1, 0.15) is 5.82 Å². The number of rotatable bonds is 5. The topological polar surface area (TPSA) is 60.0 Å². The van der Waals surface area contributed by atoms with E-state index in [-0.39, 0.29) is 24.2 Å². The molecule has 7 nitrogen and oxygen atoms in total. The van der Waals surface area contributed by atoms with Crippen LogP contribution in [0.3, 0.4) is 0 Å². The van der Waals surface area contributed by atoms with Crippen LogP contribution in [0.2, 0.25) is 0 Å². The molecule has 1 aromatic heterocycles. The van der Waals surface area contributed by atoms with E-state index in [0.29, 0.717) is 42.4 Å². The van der Waals surface area contributed by atoms with Crippen molar-refractivity contribution in [2.75, 3.05) is 57.3 Å². The molecule has 4 rings (SSSR count). The minimum atomic E-state index is -0.365. The van der Waals surface area contributed by atoms with Gasteiger partial charge in [0.25, 0.3) is 5.91 Å². The summed E-state index contributed by atoms with van der Waals surface area (Å²) < 4.78 is 14.5. The molecular formula is C30H42FN5O2. The number of hydrogen-bond acceptors (Lipinski definition) is 5. The number of carbonyl (C=O) groups excluding carboxylic acids is 2. The smallest absolute Gasteiger partial charge is 0.259 e. The number of hydrogen-bond donors (Lipinski definition) is 0. The van der Waals surface area contributed by atoms with E-state index < -0.39 is 0 Å². The summed E-state index contributed by atoms with van der Waals surface area (Å²) in [5, 5.41) is 0. The standard InChI is InChI=1S/C30H42FN5O2/c1-24(2)21-33-15-7-17-35(29(37)23-34-13-4-3-5-14-34)22-26-19-27(31)10-11-28(26)36(18-8-16-33)30(38)25-9-6-12-32-20-25/h6,9-12,19-20,24H,3-5,7-8,13-18,21-23H2,1-2H3. The summed E-state index contributed by atoms with van der Waals surface area (Å²) in [6.07, 6.45) is 8.34. The molecule has 1 aromatic carbocycles. The summed E-state index contributed by atoms with van der Waals surface area (Å²) >= 11 is 0. The van der Waals surface area contributed by atoms with Gasteiger partial charge in [-0.3, -0.25) is 19.5 Å². The van der Waals surface area contributed by atoms with E-state index in [9.17, 15) is 14.0 Å². The van der Waals surface area contributed by atoms with Crippen LogP contribution in [-0.4, -0.2) is 83.9 Å². The van der Waals surface area contributed by atoms with Gasteiger partial charge < -0.3 is 14.7 Å². The molecule has 2 aromatic rings. The van der Waals surface area contributed by atoms with Gasteiger partial charge in [0.05, 0.1) is 12.1 Å². The Hall–Kier alpha value is -2.84. The van der Waals surface area contributed by atoms with Gasteiger partial charge in [-0.15, -0.1) is 0 Å². The summed E-state index contributed by atoms with van der Waals surface area (Å²) in [7, 11) is 0. The van der Waals surface area contributed by atoms with Crippen LogP contribution in [0.4, 0.5) is 10.1 Å². The number of piperidine rings is 1. The van der Waals surface area contributed by atoms with Crippen LogP contribution in [0.5, 0.6) is 0 Å². The van der Waals surface area contributed by atoms with Crippen LogP contribution in [-0.2, 0) is 11.3 Å². The number of halogens is 1. The maximum absolute atomic E-state index is 14.5. The van der Waals surface area contributed by atoms with Crippen molar-refractivity contribution < 1.29 is 14.0 Å². The average Bonchev–Trinajstić information content (AvgIpc) is 2.90. The van der Waals surface area contributed by atoms with E-state index in [1.807, 2.05) is 4.90 Å². The number of carbonyl (C=O) groups is 2. The summed E-state index contributed by atoms with van der Waals surface area (Å²) in [4.78, 5) is 39.7. The second-order valence-corrected chi connectivity index (χ2v) is 11.0. The molecule has 1 fully saturated rings. The molecule has 0 N–H and O–H groups in total. The number of fused-ring (bicyclic) bond motifs is 1. The maximum Gasteiger partial charge on any atom is 0.259 e. The van der Waals surface area contributed by atoms with Gasteiger partial charge in [-0.05, 0) is 93.7 Å². The molecule has 1 saturated heterocycles. The van der Waals surface area contributed by atoms with Crippen molar-refractivity contribution in [2.24, 2.45) is 5.92 Å². The highest BCUT2D eigenvalue weighted by Crippen LogP contribution is 2.26. The van der Waals surface area contributed by atoms with E-state index in [1.165, 1.54) is 18.6 Å². The number of nitrogens with zero attached hydrogens (tertiary/aromatic N) is 5. The van der Waals surface area contributed by atoms with Crippen molar-refractivity contribution in [1.82, 2.24) is 19.7 Å². The van der Waals surface area contributed by atoms with Crippen LogP contribution >= 0.6 is 0 Å². The molecule has 3 heterocycles. The van der Waals surface area contributed by atoms with Gasteiger partial charge in [-0.25, -0.2) is 4.39 Å². The van der Waals surface area contributed by atoms with Gasteiger partial charge in [-0.1, -0.05) is 20.3 Å². The Morgan fingerprint density at radius 1 is 0.921 bits per heavy atom. The Bertz CT molecular complexity index is 1060. The first-order valence-electron chi connectivity index (χ1n) is 14.1. The fourth-order valence-electron chi connectivity index (χ4n) is 5.58. The lowest BCUT2D eigenvalue weighted by Crippen LogP contribution is -2.44. The molecule has 0 saturated carbocycles. The van der Waals surface area contributed by atoms with Gasteiger partial charge >= 0.3 is 0 Å². The van der Waals surface area contributed by atoms with E-state index in [2.05, 4.69) is 28.6 Å². The van der Waals surface area contributed by atoms with Crippen molar-refractivity contribution in [3.8, 4) is 0 Å². The van der Waals surface area contributed by atoms with Crippen molar-refractivity contribution in [3.63, 3.8) is 0 Å². The monoisotopic (exact) mass is 523 g/mol. The van der Waals surface area contributed by atoms with Crippen molar-refractivity contribution in [3.05, 3.63) is 59.7 Å². The van der Waals surface area contributed by atoms with Crippen LogP contribution in [0, 0.1) is 11.7 Å². The zero-order valence-corrected chi connectivity index (χ0v) is 22.9. The molecule has 206 valence electrons. The highest BCUT2D eigenvalue weighted by molar-refractivity contribution is 6.06. The largest absolute Gasteiger partial charge is 0.337 e. The summed E-state index contributed by atoms with van der Waals surface area (Å²) in [6.45, 7) is 10.8. The number of benzene rings is 1. The lowest BCUT2D eigenvalue weighted by atomic mass is 10.1. The van der Waals surface area contributed by atoms with Crippen LogP contribution < -0.4 is 4.90 Å². The van der Waals surface area contributed by atoms with Gasteiger partial charge in [0.15, 0.2) is 0 Å². The Morgan fingerprint density at radius 3 is 2.37 bits per heavy atom. The molecular weight excluding hydrogens is 481 g/mol. The molecule has 2 aliphatic rings. The minimum Gasteiger partial charge on any atom is -0.337 e. The fraction of sp³-hybridized carbons (Fsp3) is 0.567. The third kappa shape index (κ3) is 7.84. The molecule has 0 unspecified atom stereocenters. The zero-order chi connectivity index (χ0) is 26.9.